The highest BCUT2D eigenvalue weighted by Crippen LogP contribution is 2.22. The molecular weight excluding hydrogens is 238 g/mol. The molecule has 1 saturated heterocycles. The van der Waals surface area contributed by atoms with Crippen molar-refractivity contribution >= 4 is 11.6 Å². The third-order valence-electron chi connectivity index (χ3n) is 3.89. The van der Waals surface area contributed by atoms with Crippen LogP contribution in [0.3, 0.4) is 0 Å². The fourth-order valence-corrected chi connectivity index (χ4v) is 2.70. The molecule has 0 radical (unpaired) electrons. The first-order valence-corrected chi connectivity index (χ1v) is 6.89. The largest absolute Gasteiger partial charge is 0.330 e. The minimum Gasteiger partial charge on any atom is -0.330 e. The number of para-hydroxylation sites is 1. The van der Waals surface area contributed by atoms with Gasteiger partial charge in [-0.25, -0.2) is 0 Å². The third-order valence-corrected chi connectivity index (χ3v) is 3.89. The number of hydrogen-bond acceptors (Lipinski definition) is 3. The molecule has 1 aliphatic heterocycles. The predicted molar refractivity (Wildman–Crippen MR) is 78.0 cm³/mol. The number of aryl methyl sites for hydroxylation is 1. The van der Waals surface area contributed by atoms with Gasteiger partial charge >= 0.3 is 0 Å². The minimum absolute atomic E-state index is 0.0545. The highest BCUT2D eigenvalue weighted by Gasteiger charge is 2.29. The summed E-state index contributed by atoms with van der Waals surface area (Å²) in [6.45, 7) is 6.25. The Morgan fingerprint density at radius 1 is 1.47 bits per heavy atom. The van der Waals surface area contributed by atoms with Crippen LogP contribution in [0.5, 0.6) is 0 Å². The number of rotatable bonds is 4. The van der Waals surface area contributed by atoms with Crippen LogP contribution in [0.2, 0.25) is 0 Å². The number of nitrogens with two attached hydrogens (primary N) is 1. The van der Waals surface area contributed by atoms with Gasteiger partial charge in [0.15, 0.2) is 0 Å². The molecule has 1 aliphatic rings. The van der Waals surface area contributed by atoms with Crippen LogP contribution in [0.25, 0.3) is 0 Å². The van der Waals surface area contributed by atoms with Gasteiger partial charge in [0.25, 0.3) is 0 Å². The molecule has 4 heteroatoms. The van der Waals surface area contributed by atoms with E-state index < -0.39 is 0 Å². The van der Waals surface area contributed by atoms with E-state index >= 15 is 0 Å². The number of nitrogens with one attached hydrogen (secondary N) is 1. The molecule has 2 rings (SSSR count). The Bertz CT molecular complexity index is 447. The molecule has 0 saturated carbocycles. The van der Waals surface area contributed by atoms with Crippen LogP contribution in [-0.2, 0) is 4.79 Å². The van der Waals surface area contributed by atoms with E-state index in [-0.39, 0.29) is 5.91 Å². The zero-order valence-corrected chi connectivity index (χ0v) is 11.7. The lowest BCUT2D eigenvalue weighted by atomic mass is 10.1. The summed E-state index contributed by atoms with van der Waals surface area (Å²) < 4.78 is 0. The molecular formula is C15H23N3O. The zero-order chi connectivity index (χ0) is 13.8. The van der Waals surface area contributed by atoms with Crippen LogP contribution in [0.4, 0.5) is 5.69 Å². The first-order valence-electron chi connectivity index (χ1n) is 6.89. The van der Waals surface area contributed by atoms with Gasteiger partial charge in [0.05, 0.1) is 6.54 Å². The Morgan fingerprint density at radius 2 is 2.21 bits per heavy atom. The maximum absolute atomic E-state index is 12.1. The molecule has 1 aromatic carbocycles. The van der Waals surface area contributed by atoms with E-state index in [1.165, 1.54) is 0 Å². The van der Waals surface area contributed by atoms with Gasteiger partial charge in [-0.3, -0.25) is 9.69 Å². The second-order valence-corrected chi connectivity index (χ2v) is 5.48. The summed E-state index contributed by atoms with van der Waals surface area (Å²) in [5.41, 5.74) is 7.69. The number of likely N-dealkylation sites (tertiary alicyclic amines) is 1. The quantitative estimate of drug-likeness (QED) is 0.865. The summed E-state index contributed by atoms with van der Waals surface area (Å²) in [6, 6.07) is 8.28. The van der Waals surface area contributed by atoms with E-state index in [0.717, 1.165) is 24.2 Å². The van der Waals surface area contributed by atoms with Crippen molar-refractivity contribution in [3.05, 3.63) is 29.8 Å². The SMILES string of the molecule is Cc1ccccc1NC(=O)CN1CC(CN)CC1C. The fraction of sp³-hybridized carbons (Fsp3) is 0.533. The summed E-state index contributed by atoms with van der Waals surface area (Å²) in [5.74, 6) is 0.583. The molecule has 2 unspecified atom stereocenters. The Labute approximate surface area is 115 Å². The van der Waals surface area contributed by atoms with Crippen molar-refractivity contribution in [2.45, 2.75) is 26.3 Å². The smallest absolute Gasteiger partial charge is 0.238 e. The van der Waals surface area contributed by atoms with Gasteiger partial charge in [0.1, 0.15) is 0 Å². The van der Waals surface area contributed by atoms with Crippen molar-refractivity contribution in [3.63, 3.8) is 0 Å². The number of hydrogen-bond donors (Lipinski definition) is 2. The highest BCUT2D eigenvalue weighted by atomic mass is 16.2. The van der Waals surface area contributed by atoms with Crippen molar-refractivity contribution in [2.24, 2.45) is 11.7 Å². The lowest BCUT2D eigenvalue weighted by molar-refractivity contribution is -0.117. The van der Waals surface area contributed by atoms with Crippen molar-refractivity contribution in [2.75, 3.05) is 25.0 Å². The number of carbonyl (C=O) groups excluding carboxylic acids is 1. The van der Waals surface area contributed by atoms with Gasteiger partial charge in [-0.2, -0.15) is 0 Å². The third kappa shape index (κ3) is 3.55. The number of amides is 1. The summed E-state index contributed by atoms with van der Waals surface area (Å²) in [4.78, 5) is 14.3. The molecule has 3 N–H and O–H groups in total. The van der Waals surface area contributed by atoms with Gasteiger partial charge in [0, 0.05) is 18.3 Å². The summed E-state index contributed by atoms with van der Waals surface area (Å²) in [6.07, 6.45) is 1.09. The Balaban J connectivity index is 1.90. The lowest BCUT2D eigenvalue weighted by Crippen LogP contribution is -2.36. The molecule has 0 bridgehead atoms. The first kappa shape index (κ1) is 14.0. The topological polar surface area (TPSA) is 58.4 Å². The summed E-state index contributed by atoms with van der Waals surface area (Å²) in [7, 11) is 0. The predicted octanol–water partition coefficient (Wildman–Crippen LogP) is 1.60. The van der Waals surface area contributed by atoms with E-state index in [4.69, 9.17) is 5.73 Å². The van der Waals surface area contributed by atoms with Crippen LogP contribution in [0.15, 0.2) is 24.3 Å². The maximum Gasteiger partial charge on any atom is 0.238 e. The second-order valence-electron chi connectivity index (χ2n) is 5.48. The monoisotopic (exact) mass is 261 g/mol. The van der Waals surface area contributed by atoms with Crippen LogP contribution in [0, 0.1) is 12.8 Å². The normalized spacial score (nSPS) is 23.5. The number of benzene rings is 1. The summed E-state index contributed by atoms with van der Waals surface area (Å²) in [5, 5.41) is 2.98. The van der Waals surface area contributed by atoms with Gasteiger partial charge in [-0.1, -0.05) is 18.2 Å². The van der Waals surface area contributed by atoms with Crippen molar-refractivity contribution < 1.29 is 4.79 Å². The minimum atomic E-state index is 0.0545. The lowest BCUT2D eigenvalue weighted by Gasteiger charge is -2.20. The van der Waals surface area contributed by atoms with Crippen LogP contribution >= 0.6 is 0 Å². The molecule has 1 fully saturated rings. The highest BCUT2D eigenvalue weighted by molar-refractivity contribution is 5.92. The molecule has 2 atom stereocenters. The molecule has 1 amide bonds. The van der Waals surface area contributed by atoms with Crippen LogP contribution < -0.4 is 11.1 Å². The molecule has 0 spiro atoms. The Kier molecular flexibility index (Phi) is 4.56. The number of nitrogens with zero attached hydrogens (tertiary/aromatic N) is 1. The molecule has 104 valence electrons. The van der Waals surface area contributed by atoms with E-state index in [0.29, 0.717) is 25.0 Å². The Morgan fingerprint density at radius 3 is 2.84 bits per heavy atom. The van der Waals surface area contributed by atoms with Crippen molar-refractivity contribution in [1.29, 1.82) is 0 Å². The molecule has 0 aromatic heterocycles. The Hall–Kier alpha value is -1.39. The van der Waals surface area contributed by atoms with Crippen molar-refractivity contribution in [3.8, 4) is 0 Å². The average Bonchev–Trinajstić information content (AvgIpc) is 2.73. The van der Waals surface area contributed by atoms with Crippen LogP contribution in [0.1, 0.15) is 18.9 Å². The molecule has 1 aromatic rings. The van der Waals surface area contributed by atoms with Gasteiger partial charge < -0.3 is 11.1 Å². The molecule has 19 heavy (non-hydrogen) atoms. The summed E-state index contributed by atoms with van der Waals surface area (Å²) >= 11 is 0. The van der Waals surface area contributed by atoms with Gasteiger partial charge in [0.2, 0.25) is 5.91 Å². The fourth-order valence-electron chi connectivity index (χ4n) is 2.70. The van der Waals surface area contributed by atoms with Gasteiger partial charge in [-0.05, 0) is 44.4 Å². The van der Waals surface area contributed by atoms with Gasteiger partial charge in [-0.15, -0.1) is 0 Å². The second kappa shape index (κ2) is 6.17. The zero-order valence-electron chi connectivity index (χ0n) is 11.7. The van der Waals surface area contributed by atoms with E-state index in [1.807, 2.05) is 31.2 Å². The molecule has 4 nitrogen and oxygen atoms in total. The van der Waals surface area contributed by atoms with E-state index in [2.05, 4.69) is 17.1 Å². The average molecular weight is 261 g/mol. The standard InChI is InChI=1S/C15H23N3O/c1-11-5-3-4-6-14(11)17-15(19)10-18-9-13(8-16)7-12(18)2/h3-6,12-13H,7-10,16H2,1-2H3,(H,17,19). The van der Waals surface area contributed by atoms with E-state index in [9.17, 15) is 4.79 Å². The number of anilines is 1. The van der Waals surface area contributed by atoms with Crippen molar-refractivity contribution in [1.82, 2.24) is 4.90 Å². The molecule has 1 heterocycles. The molecule has 0 aliphatic carbocycles. The maximum atomic E-state index is 12.1. The van der Waals surface area contributed by atoms with E-state index in [1.54, 1.807) is 0 Å². The first-order chi connectivity index (χ1) is 9.10. The van der Waals surface area contributed by atoms with Crippen LogP contribution in [-0.4, -0.2) is 36.5 Å². The number of carbonyl (C=O) groups is 1.